The predicted molar refractivity (Wildman–Crippen MR) is 123 cm³/mol. The molecular formula is C21H22BrN5O2S. The van der Waals surface area contributed by atoms with E-state index in [1.807, 2.05) is 45.0 Å². The molecule has 1 N–H and O–H groups in total. The van der Waals surface area contributed by atoms with Crippen molar-refractivity contribution in [1.82, 2.24) is 14.9 Å². The van der Waals surface area contributed by atoms with Gasteiger partial charge in [0.1, 0.15) is 16.8 Å². The summed E-state index contributed by atoms with van der Waals surface area (Å²) in [5, 5.41) is 5.34. The second-order valence-corrected chi connectivity index (χ2v) is 9.89. The SMILES string of the molecule is CC(C)(C)OC(=O)N1CCc2c(sc3ncnc(N/N=C/c4ccccc4Br)c23)C1. The third kappa shape index (κ3) is 4.46. The summed E-state index contributed by atoms with van der Waals surface area (Å²) in [4.78, 5) is 25.0. The molecule has 1 aliphatic heterocycles. The highest BCUT2D eigenvalue weighted by Gasteiger charge is 2.29. The Labute approximate surface area is 187 Å². The highest BCUT2D eigenvalue weighted by atomic mass is 79.9. The van der Waals surface area contributed by atoms with Gasteiger partial charge in [0.2, 0.25) is 0 Å². The summed E-state index contributed by atoms with van der Waals surface area (Å²) in [6.45, 7) is 6.75. The second-order valence-electron chi connectivity index (χ2n) is 7.95. The number of anilines is 1. The van der Waals surface area contributed by atoms with Gasteiger partial charge in [0.05, 0.1) is 18.1 Å². The first-order valence-electron chi connectivity index (χ1n) is 9.58. The van der Waals surface area contributed by atoms with Gasteiger partial charge in [-0.2, -0.15) is 5.10 Å². The smallest absolute Gasteiger partial charge is 0.410 e. The topological polar surface area (TPSA) is 79.7 Å². The van der Waals surface area contributed by atoms with E-state index in [2.05, 4.69) is 36.4 Å². The lowest BCUT2D eigenvalue weighted by molar-refractivity contribution is 0.0227. The molecule has 1 aromatic carbocycles. The van der Waals surface area contributed by atoms with E-state index in [9.17, 15) is 4.79 Å². The summed E-state index contributed by atoms with van der Waals surface area (Å²) in [6, 6.07) is 7.86. The van der Waals surface area contributed by atoms with Gasteiger partial charge in [0.15, 0.2) is 5.82 Å². The molecular weight excluding hydrogens is 466 g/mol. The minimum Gasteiger partial charge on any atom is -0.444 e. The molecule has 0 saturated heterocycles. The molecule has 4 rings (SSSR count). The average molecular weight is 488 g/mol. The molecule has 3 heterocycles. The maximum atomic E-state index is 12.5. The van der Waals surface area contributed by atoms with Crippen LogP contribution in [0.5, 0.6) is 0 Å². The zero-order valence-electron chi connectivity index (χ0n) is 17.0. The maximum Gasteiger partial charge on any atom is 0.410 e. The van der Waals surface area contributed by atoms with Crippen molar-refractivity contribution < 1.29 is 9.53 Å². The van der Waals surface area contributed by atoms with Gasteiger partial charge < -0.3 is 9.64 Å². The Balaban J connectivity index is 1.57. The fraction of sp³-hybridized carbons (Fsp3) is 0.333. The van der Waals surface area contributed by atoms with Crippen LogP contribution < -0.4 is 5.43 Å². The Morgan fingerprint density at radius 3 is 2.90 bits per heavy atom. The zero-order chi connectivity index (χ0) is 21.3. The van der Waals surface area contributed by atoms with Crippen LogP contribution in [0.3, 0.4) is 0 Å². The lowest BCUT2D eigenvalue weighted by Crippen LogP contribution is -2.39. The summed E-state index contributed by atoms with van der Waals surface area (Å²) >= 11 is 5.10. The van der Waals surface area contributed by atoms with Crippen molar-refractivity contribution in [1.29, 1.82) is 0 Å². The molecule has 0 aliphatic carbocycles. The van der Waals surface area contributed by atoms with Crippen molar-refractivity contribution in [2.24, 2.45) is 5.10 Å². The van der Waals surface area contributed by atoms with Crippen LogP contribution in [0, 0.1) is 0 Å². The Hall–Kier alpha value is -2.52. The number of benzene rings is 1. The zero-order valence-corrected chi connectivity index (χ0v) is 19.4. The first-order valence-corrected chi connectivity index (χ1v) is 11.2. The van der Waals surface area contributed by atoms with E-state index in [1.54, 1.807) is 22.5 Å². The fourth-order valence-electron chi connectivity index (χ4n) is 3.24. The number of hydrogen-bond acceptors (Lipinski definition) is 7. The summed E-state index contributed by atoms with van der Waals surface area (Å²) < 4.78 is 6.49. The molecule has 3 aromatic rings. The van der Waals surface area contributed by atoms with Crippen molar-refractivity contribution in [2.75, 3.05) is 12.0 Å². The van der Waals surface area contributed by atoms with Crippen LogP contribution in [-0.4, -0.2) is 39.3 Å². The van der Waals surface area contributed by atoms with E-state index in [1.165, 1.54) is 11.9 Å². The number of carbonyl (C=O) groups excluding carboxylic acids is 1. The number of hydrogen-bond donors (Lipinski definition) is 1. The van der Waals surface area contributed by atoms with Crippen molar-refractivity contribution in [3.05, 3.63) is 51.1 Å². The van der Waals surface area contributed by atoms with Gasteiger partial charge >= 0.3 is 6.09 Å². The Morgan fingerprint density at radius 1 is 1.33 bits per heavy atom. The molecule has 0 bridgehead atoms. The van der Waals surface area contributed by atoms with Crippen molar-refractivity contribution in [2.45, 2.75) is 39.3 Å². The van der Waals surface area contributed by atoms with E-state index in [0.717, 1.165) is 31.6 Å². The minimum atomic E-state index is -0.508. The number of ether oxygens (including phenoxy) is 1. The van der Waals surface area contributed by atoms with Crippen molar-refractivity contribution in [3.63, 3.8) is 0 Å². The average Bonchev–Trinajstić information content (AvgIpc) is 3.06. The van der Waals surface area contributed by atoms with Crippen LogP contribution in [0.4, 0.5) is 10.6 Å². The van der Waals surface area contributed by atoms with Crippen LogP contribution in [0.2, 0.25) is 0 Å². The van der Waals surface area contributed by atoms with Gasteiger partial charge in [0.25, 0.3) is 0 Å². The number of nitrogens with zero attached hydrogens (tertiary/aromatic N) is 4. The van der Waals surface area contributed by atoms with Crippen LogP contribution in [0.1, 0.15) is 36.8 Å². The number of nitrogens with one attached hydrogen (secondary N) is 1. The Bertz CT molecular complexity index is 1120. The largest absolute Gasteiger partial charge is 0.444 e. The number of carbonyl (C=O) groups is 1. The van der Waals surface area contributed by atoms with E-state index >= 15 is 0 Å². The molecule has 156 valence electrons. The number of rotatable bonds is 3. The van der Waals surface area contributed by atoms with Gasteiger partial charge in [-0.1, -0.05) is 34.1 Å². The van der Waals surface area contributed by atoms with Crippen LogP contribution in [0.15, 0.2) is 40.2 Å². The van der Waals surface area contributed by atoms with Crippen LogP contribution in [0.25, 0.3) is 10.2 Å². The number of fused-ring (bicyclic) bond motifs is 3. The fourth-order valence-corrected chi connectivity index (χ4v) is 4.83. The van der Waals surface area contributed by atoms with Gasteiger partial charge in [-0.25, -0.2) is 14.8 Å². The summed E-state index contributed by atoms with van der Waals surface area (Å²) in [6.07, 6.45) is 3.73. The van der Waals surface area contributed by atoms with Gasteiger partial charge in [0, 0.05) is 21.5 Å². The van der Waals surface area contributed by atoms with Gasteiger partial charge in [-0.05, 0) is 38.8 Å². The lowest BCUT2D eigenvalue weighted by atomic mass is 10.1. The number of halogens is 1. The molecule has 0 fully saturated rings. The number of amides is 1. The molecule has 9 heteroatoms. The monoisotopic (exact) mass is 487 g/mol. The predicted octanol–water partition coefficient (Wildman–Crippen LogP) is 5.19. The minimum absolute atomic E-state index is 0.284. The van der Waals surface area contributed by atoms with Crippen molar-refractivity contribution >= 4 is 55.6 Å². The van der Waals surface area contributed by atoms with Crippen LogP contribution >= 0.6 is 27.3 Å². The molecule has 0 saturated carbocycles. The third-order valence-corrected chi connectivity index (χ3v) is 6.41. The Kier molecular flexibility index (Phi) is 5.75. The summed E-state index contributed by atoms with van der Waals surface area (Å²) in [5.74, 6) is 0.673. The van der Waals surface area contributed by atoms with Crippen LogP contribution in [-0.2, 0) is 17.7 Å². The van der Waals surface area contributed by atoms with E-state index < -0.39 is 5.60 Å². The molecule has 0 radical (unpaired) electrons. The van der Waals surface area contributed by atoms with Gasteiger partial charge in [-0.15, -0.1) is 11.3 Å². The Morgan fingerprint density at radius 2 is 2.13 bits per heavy atom. The van der Waals surface area contributed by atoms with E-state index in [-0.39, 0.29) is 6.09 Å². The normalized spacial score (nSPS) is 14.2. The molecule has 0 unspecified atom stereocenters. The molecule has 7 nitrogen and oxygen atoms in total. The molecule has 1 amide bonds. The molecule has 0 spiro atoms. The highest BCUT2D eigenvalue weighted by Crippen LogP contribution is 2.37. The molecule has 30 heavy (non-hydrogen) atoms. The first-order chi connectivity index (χ1) is 14.3. The molecule has 0 atom stereocenters. The maximum absolute atomic E-state index is 12.5. The molecule has 1 aliphatic rings. The summed E-state index contributed by atoms with van der Waals surface area (Å²) in [7, 11) is 0. The van der Waals surface area contributed by atoms with Gasteiger partial charge in [-0.3, -0.25) is 5.43 Å². The molecule has 2 aromatic heterocycles. The lowest BCUT2D eigenvalue weighted by Gasteiger charge is -2.30. The number of hydrazone groups is 1. The highest BCUT2D eigenvalue weighted by molar-refractivity contribution is 9.10. The standard InChI is InChI=1S/C21H22BrN5O2S/c1-21(2,3)29-20(28)27-9-8-14-16(11-27)30-19-17(14)18(23-12-24-19)26-25-10-13-6-4-5-7-15(13)22/h4-7,10,12H,8-9,11H2,1-3H3,(H,23,24,26)/b25-10+. The van der Waals surface area contributed by atoms with E-state index in [0.29, 0.717) is 18.9 Å². The second kappa shape index (κ2) is 8.31. The van der Waals surface area contributed by atoms with Crippen molar-refractivity contribution in [3.8, 4) is 0 Å². The number of thiophene rings is 1. The quantitative estimate of drug-likeness (QED) is 0.405. The van der Waals surface area contributed by atoms with E-state index in [4.69, 9.17) is 4.74 Å². The number of aromatic nitrogens is 2. The first kappa shape index (κ1) is 20.7. The summed E-state index contributed by atoms with van der Waals surface area (Å²) in [5.41, 5.74) is 4.70. The third-order valence-electron chi connectivity index (χ3n) is 4.57.